The second-order valence-corrected chi connectivity index (χ2v) is 8.20. The zero-order chi connectivity index (χ0) is 20.2. The molecule has 1 heterocycles. The summed E-state index contributed by atoms with van der Waals surface area (Å²) in [6.07, 6.45) is 6.85. The lowest BCUT2D eigenvalue weighted by molar-refractivity contribution is 0.181. The van der Waals surface area contributed by atoms with Crippen molar-refractivity contribution >= 4 is 0 Å². The first kappa shape index (κ1) is 20.1. The van der Waals surface area contributed by atoms with E-state index in [1.807, 2.05) is 6.07 Å². The summed E-state index contributed by atoms with van der Waals surface area (Å²) in [6.45, 7) is 5.34. The molecular weight excluding hydrogens is 362 g/mol. The van der Waals surface area contributed by atoms with Gasteiger partial charge in [0.2, 0.25) is 0 Å². The highest BCUT2D eigenvalue weighted by Crippen LogP contribution is 2.34. The average molecular weight is 396 g/mol. The van der Waals surface area contributed by atoms with E-state index in [-0.39, 0.29) is 0 Å². The van der Waals surface area contributed by atoms with Crippen LogP contribution in [0.5, 0.6) is 17.2 Å². The smallest absolute Gasteiger partial charge is 0.160 e. The quantitative estimate of drug-likeness (QED) is 0.661. The summed E-state index contributed by atoms with van der Waals surface area (Å²) < 4.78 is 16.7. The molecule has 0 radical (unpaired) electrons. The molecule has 29 heavy (non-hydrogen) atoms. The van der Waals surface area contributed by atoms with E-state index in [1.54, 1.807) is 19.8 Å². The number of aryl methyl sites for hydroxylation is 1. The molecule has 0 aromatic heterocycles. The van der Waals surface area contributed by atoms with Crippen LogP contribution in [0.2, 0.25) is 0 Å². The number of fused-ring (bicyclic) bond motifs is 2. The Hall–Kier alpha value is -2.20. The van der Waals surface area contributed by atoms with Crippen molar-refractivity contribution in [1.82, 2.24) is 4.90 Å². The Morgan fingerprint density at radius 2 is 1.83 bits per heavy atom. The summed E-state index contributed by atoms with van der Waals surface area (Å²) in [5, 5.41) is 0. The third-order valence-corrected chi connectivity index (χ3v) is 6.38. The minimum Gasteiger partial charge on any atom is -0.493 e. The lowest BCUT2D eigenvalue weighted by Crippen LogP contribution is -2.41. The van der Waals surface area contributed by atoms with Crippen molar-refractivity contribution in [2.24, 2.45) is 0 Å². The molecular formula is C25H33NO3. The highest BCUT2D eigenvalue weighted by molar-refractivity contribution is 5.46. The topological polar surface area (TPSA) is 30.9 Å². The number of ether oxygens (including phenoxy) is 3. The van der Waals surface area contributed by atoms with Crippen LogP contribution in [0.1, 0.15) is 42.0 Å². The molecule has 2 aromatic carbocycles. The predicted octanol–water partition coefficient (Wildman–Crippen LogP) is 4.45. The van der Waals surface area contributed by atoms with Crippen LogP contribution in [0.15, 0.2) is 30.3 Å². The summed E-state index contributed by atoms with van der Waals surface area (Å²) in [6, 6.07) is 11.6. The summed E-state index contributed by atoms with van der Waals surface area (Å²) in [5.41, 5.74) is 5.74. The van der Waals surface area contributed by atoms with Crippen LogP contribution in [0.4, 0.5) is 0 Å². The van der Waals surface area contributed by atoms with E-state index >= 15 is 0 Å². The molecule has 1 aliphatic carbocycles. The number of benzene rings is 2. The monoisotopic (exact) mass is 395 g/mol. The molecule has 0 bridgehead atoms. The zero-order valence-corrected chi connectivity index (χ0v) is 18.0. The first-order valence-corrected chi connectivity index (χ1v) is 10.9. The van der Waals surface area contributed by atoms with Crippen molar-refractivity contribution in [1.29, 1.82) is 0 Å². The number of hydrogen-bond donors (Lipinski definition) is 0. The van der Waals surface area contributed by atoms with Crippen LogP contribution < -0.4 is 14.2 Å². The van der Waals surface area contributed by atoms with E-state index in [2.05, 4.69) is 36.1 Å². The minimum absolute atomic E-state index is 0.613. The first-order valence-electron chi connectivity index (χ1n) is 10.9. The van der Waals surface area contributed by atoms with Crippen molar-refractivity contribution in [2.75, 3.05) is 33.9 Å². The number of nitrogens with zero attached hydrogens (tertiary/aromatic N) is 1. The van der Waals surface area contributed by atoms with Gasteiger partial charge in [-0.1, -0.05) is 19.1 Å². The van der Waals surface area contributed by atoms with Gasteiger partial charge in [-0.2, -0.15) is 0 Å². The number of hydrogen-bond acceptors (Lipinski definition) is 4. The van der Waals surface area contributed by atoms with Gasteiger partial charge in [0.1, 0.15) is 5.75 Å². The number of methoxy groups -OCH3 is 2. The van der Waals surface area contributed by atoms with Crippen molar-refractivity contribution in [3.05, 3.63) is 52.6 Å². The fourth-order valence-electron chi connectivity index (χ4n) is 4.80. The molecule has 2 aliphatic rings. The van der Waals surface area contributed by atoms with Gasteiger partial charge in [-0.05, 0) is 79.1 Å². The molecule has 0 N–H and O–H groups in total. The molecule has 2 aromatic rings. The van der Waals surface area contributed by atoms with Gasteiger partial charge in [-0.25, -0.2) is 0 Å². The van der Waals surface area contributed by atoms with E-state index in [1.165, 1.54) is 36.0 Å². The molecule has 0 saturated heterocycles. The second kappa shape index (κ2) is 9.08. The number of rotatable bonds is 8. The fourth-order valence-corrected chi connectivity index (χ4v) is 4.80. The van der Waals surface area contributed by atoms with E-state index in [0.717, 1.165) is 56.2 Å². The first-order chi connectivity index (χ1) is 14.2. The Labute approximate surface area is 174 Å². The Kier molecular flexibility index (Phi) is 6.29. The summed E-state index contributed by atoms with van der Waals surface area (Å²) in [4.78, 5) is 2.69. The van der Waals surface area contributed by atoms with E-state index < -0.39 is 0 Å². The van der Waals surface area contributed by atoms with Gasteiger partial charge < -0.3 is 14.2 Å². The van der Waals surface area contributed by atoms with Gasteiger partial charge >= 0.3 is 0 Å². The van der Waals surface area contributed by atoms with E-state index in [9.17, 15) is 0 Å². The van der Waals surface area contributed by atoms with Crippen LogP contribution in [0, 0.1) is 0 Å². The van der Waals surface area contributed by atoms with Gasteiger partial charge in [0.05, 0.1) is 20.8 Å². The highest BCUT2D eigenvalue weighted by atomic mass is 16.5. The van der Waals surface area contributed by atoms with Crippen molar-refractivity contribution in [3.63, 3.8) is 0 Å². The molecule has 4 heteroatoms. The summed E-state index contributed by atoms with van der Waals surface area (Å²) in [5.74, 6) is 2.73. The zero-order valence-electron chi connectivity index (χ0n) is 18.0. The van der Waals surface area contributed by atoms with Gasteiger partial charge in [0.15, 0.2) is 11.5 Å². The maximum absolute atomic E-state index is 5.82. The minimum atomic E-state index is 0.613. The second-order valence-electron chi connectivity index (χ2n) is 8.20. The molecule has 1 aliphatic heterocycles. The highest BCUT2D eigenvalue weighted by Gasteiger charge is 2.26. The third kappa shape index (κ3) is 4.37. The molecule has 0 saturated carbocycles. The predicted molar refractivity (Wildman–Crippen MR) is 117 cm³/mol. The van der Waals surface area contributed by atoms with E-state index in [0.29, 0.717) is 6.04 Å². The SMILES string of the molecule is CCCN(CCc1ccc(OC)c(OC)c1)C1CCc2cc3c(cc2C1)OCC3. The molecule has 156 valence electrons. The van der Waals surface area contributed by atoms with Gasteiger partial charge in [-0.15, -0.1) is 0 Å². The Balaban J connectivity index is 1.44. The molecule has 4 nitrogen and oxygen atoms in total. The van der Waals surface area contributed by atoms with E-state index in [4.69, 9.17) is 14.2 Å². The van der Waals surface area contributed by atoms with Crippen molar-refractivity contribution in [3.8, 4) is 17.2 Å². The van der Waals surface area contributed by atoms with Crippen LogP contribution in [0.3, 0.4) is 0 Å². The maximum atomic E-state index is 5.82. The summed E-state index contributed by atoms with van der Waals surface area (Å²) in [7, 11) is 3.38. The Bertz CT molecular complexity index is 848. The normalized spacial score (nSPS) is 17.6. The van der Waals surface area contributed by atoms with Crippen LogP contribution >= 0.6 is 0 Å². The van der Waals surface area contributed by atoms with Gasteiger partial charge in [-0.3, -0.25) is 4.90 Å². The Morgan fingerprint density at radius 1 is 0.966 bits per heavy atom. The summed E-state index contributed by atoms with van der Waals surface area (Å²) >= 11 is 0. The Morgan fingerprint density at radius 3 is 2.62 bits per heavy atom. The van der Waals surface area contributed by atoms with Crippen molar-refractivity contribution < 1.29 is 14.2 Å². The third-order valence-electron chi connectivity index (χ3n) is 6.38. The lowest BCUT2D eigenvalue weighted by Gasteiger charge is -2.35. The molecule has 0 fully saturated rings. The average Bonchev–Trinajstić information content (AvgIpc) is 3.21. The van der Waals surface area contributed by atoms with Crippen LogP contribution in [-0.2, 0) is 25.7 Å². The van der Waals surface area contributed by atoms with Crippen molar-refractivity contribution in [2.45, 2.75) is 51.5 Å². The molecule has 1 atom stereocenters. The standard InChI is InChI=1S/C25H33NO3/c1-4-11-26(12-9-18-5-8-23(27-2)25(14-18)28-3)22-7-6-19-15-20-10-13-29-24(20)17-21(19)16-22/h5,8,14-15,17,22H,4,6-7,9-13,16H2,1-3H3. The van der Waals surface area contributed by atoms with Gasteiger partial charge in [0, 0.05) is 19.0 Å². The van der Waals surface area contributed by atoms with Crippen LogP contribution in [-0.4, -0.2) is 44.9 Å². The lowest BCUT2D eigenvalue weighted by atomic mass is 9.85. The molecule has 1 unspecified atom stereocenters. The maximum Gasteiger partial charge on any atom is 0.160 e. The van der Waals surface area contributed by atoms with Crippen LogP contribution in [0.25, 0.3) is 0 Å². The molecule has 4 rings (SSSR count). The fraction of sp³-hybridized carbons (Fsp3) is 0.520. The molecule has 0 amide bonds. The largest absolute Gasteiger partial charge is 0.493 e. The molecule has 0 spiro atoms. The van der Waals surface area contributed by atoms with Gasteiger partial charge in [0.25, 0.3) is 0 Å².